The molecule has 5 amide bonds. The molecule has 0 fully saturated rings. The molecule has 1 aromatic carbocycles. The highest BCUT2D eigenvalue weighted by Crippen LogP contribution is 2.06. The average Bonchev–Trinajstić information content (AvgIpc) is 3.48. The van der Waals surface area contributed by atoms with Crippen molar-refractivity contribution in [2.75, 3.05) is 0 Å². The van der Waals surface area contributed by atoms with Crippen LogP contribution in [-0.2, 0) is 51.2 Å². The highest BCUT2D eigenvalue weighted by Gasteiger charge is 2.34. The molecule has 46 heavy (non-hydrogen) atoms. The Morgan fingerprint density at radius 2 is 1.20 bits per heavy atom. The number of carboxylic acids is 3. The van der Waals surface area contributed by atoms with Crippen molar-refractivity contribution in [3.8, 4) is 0 Å². The average molecular weight is 647 g/mol. The molecule has 0 saturated carbocycles. The Morgan fingerprint density at radius 1 is 0.696 bits per heavy atom. The van der Waals surface area contributed by atoms with Gasteiger partial charge < -0.3 is 53.0 Å². The summed E-state index contributed by atoms with van der Waals surface area (Å²) in [7, 11) is 0. The maximum Gasteiger partial charge on any atom is 0.326 e. The van der Waals surface area contributed by atoms with Crippen molar-refractivity contribution in [1.82, 2.24) is 31.2 Å². The number of hydrogen-bond donors (Lipinski definition) is 10. The third kappa shape index (κ3) is 12.4. The lowest BCUT2D eigenvalue weighted by Crippen LogP contribution is -2.59. The van der Waals surface area contributed by atoms with Gasteiger partial charge >= 0.3 is 17.9 Å². The molecule has 19 nitrogen and oxygen atoms in total. The molecule has 1 aromatic heterocycles. The molecule has 0 unspecified atom stereocenters. The van der Waals surface area contributed by atoms with Gasteiger partial charge in [0.1, 0.15) is 24.2 Å². The normalized spacial score (nSPS) is 13.9. The molecule has 19 heteroatoms. The molecule has 0 radical (unpaired) electrons. The van der Waals surface area contributed by atoms with Crippen LogP contribution in [0.3, 0.4) is 0 Å². The fourth-order valence-corrected chi connectivity index (χ4v) is 4.05. The lowest BCUT2D eigenvalue weighted by Gasteiger charge is -2.25. The second-order valence-electron chi connectivity index (χ2n) is 10.0. The number of amides is 5. The number of aliphatic carboxylic acids is 3. The number of carboxylic acid groups (broad SMARTS) is 3. The van der Waals surface area contributed by atoms with Crippen LogP contribution in [0, 0.1) is 0 Å². The predicted octanol–water partition coefficient (Wildman–Crippen LogP) is -3.63. The number of imidazole rings is 1. The Labute approximate surface area is 260 Å². The van der Waals surface area contributed by atoms with Crippen LogP contribution in [-0.4, -0.2) is 103 Å². The van der Waals surface area contributed by atoms with Gasteiger partial charge in [-0.3, -0.25) is 33.6 Å². The maximum atomic E-state index is 13.4. The molecule has 0 aliphatic rings. The number of H-pyrrole nitrogens is 1. The molecule has 2 rings (SSSR count). The van der Waals surface area contributed by atoms with Gasteiger partial charge in [0.25, 0.3) is 0 Å². The zero-order valence-corrected chi connectivity index (χ0v) is 24.2. The minimum Gasteiger partial charge on any atom is -0.481 e. The van der Waals surface area contributed by atoms with Crippen LogP contribution < -0.4 is 32.7 Å². The monoisotopic (exact) mass is 646 g/mol. The maximum absolute atomic E-state index is 13.4. The Bertz CT molecular complexity index is 1420. The van der Waals surface area contributed by atoms with E-state index >= 15 is 0 Å². The summed E-state index contributed by atoms with van der Waals surface area (Å²) < 4.78 is 0. The first-order valence-corrected chi connectivity index (χ1v) is 13.6. The third-order valence-corrected chi connectivity index (χ3v) is 6.29. The van der Waals surface area contributed by atoms with Gasteiger partial charge in [-0.05, 0) is 12.0 Å². The zero-order valence-electron chi connectivity index (χ0n) is 24.2. The summed E-state index contributed by atoms with van der Waals surface area (Å²) in [5.74, 6) is -10.2. The fourth-order valence-electron chi connectivity index (χ4n) is 4.05. The number of carbonyl (C=O) groups excluding carboxylic acids is 5. The Morgan fingerprint density at radius 3 is 1.72 bits per heavy atom. The second-order valence-corrected chi connectivity index (χ2v) is 10.0. The highest BCUT2D eigenvalue weighted by atomic mass is 16.4. The number of benzene rings is 1. The number of aromatic nitrogens is 2. The number of nitrogens with two attached hydrogens (primary N) is 2. The summed E-state index contributed by atoms with van der Waals surface area (Å²) in [6.45, 7) is 0. The van der Waals surface area contributed by atoms with E-state index in [1.165, 1.54) is 12.5 Å². The van der Waals surface area contributed by atoms with E-state index in [0.29, 0.717) is 5.56 Å². The molecule has 0 aliphatic heterocycles. The van der Waals surface area contributed by atoms with Gasteiger partial charge in [0.05, 0.1) is 31.6 Å². The summed E-state index contributed by atoms with van der Waals surface area (Å²) in [4.78, 5) is 104. The van der Waals surface area contributed by atoms with Crippen LogP contribution >= 0.6 is 0 Å². The van der Waals surface area contributed by atoms with Crippen molar-refractivity contribution >= 4 is 47.4 Å². The van der Waals surface area contributed by atoms with Crippen molar-refractivity contribution in [2.24, 2.45) is 11.5 Å². The van der Waals surface area contributed by atoms with Crippen LogP contribution in [0.5, 0.6) is 0 Å². The highest BCUT2D eigenvalue weighted by molar-refractivity contribution is 5.98. The molecule has 0 saturated heterocycles. The molecular weight excluding hydrogens is 612 g/mol. The first kappa shape index (κ1) is 36.3. The Balaban J connectivity index is 2.26. The van der Waals surface area contributed by atoms with Gasteiger partial charge in [-0.1, -0.05) is 30.3 Å². The molecule has 2 aromatic rings. The fraction of sp³-hybridized carbons (Fsp3) is 0.370. The van der Waals surface area contributed by atoms with Crippen molar-refractivity contribution in [3.05, 3.63) is 54.1 Å². The summed E-state index contributed by atoms with van der Waals surface area (Å²) in [5.41, 5.74) is 12.1. The Hall–Kier alpha value is -5.85. The number of primary amides is 1. The number of rotatable bonds is 19. The largest absolute Gasteiger partial charge is 0.481 e. The van der Waals surface area contributed by atoms with Gasteiger partial charge in [-0.25, -0.2) is 9.78 Å². The van der Waals surface area contributed by atoms with Gasteiger partial charge in [-0.15, -0.1) is 0 Å². The standard InChI is InChI=1S/C27H34N8O11/c28-15(6-13-4-2-1-3-5-13)23(41)32-18(9-21(37)38)26(44)33-16(7-14-11-30-12-31-14)24(42)34-17(8-20(29)36)25(43)35-19(27(45)46)10-22(39)40/h1-5,11-12,15-19H,6-10,28H2,(H2,29,36)(H,30,31)(H,32,41)(H,33,44)(H,34,42)(H,35,43)(H,37,38)(H,39,40)(H,45,46)/t15-,16-,17-,18-,19-/m0/s1. The van der Waals surface area contributed by atoms with E-state index in [9.17, 15) is 48.6 Å². The number of aromatic amines is 1. The van der Waals surface area contributed by atoms with E-state index in [-0.39, 0.29) is 18.5 Å². The second kappa shape index (κ2) is 17.4. The predicted molar refractivity (Wildman–Crippen MR) is 154 cm³/mol. The number of hydrogen-bond acceptors (Lipinski definition) is 10. The number of nitrogens with zero attached hydrogens (tertiary/aromatic N) is 1. The quantitative estimate of drug-likeness (QED) is 0.0705. The summed E-state index contributed by atoms with van der Waals surface area (Å²) in [6.07, 6.45) is -0.478. The van der Waals surface area contributed by atoms with Gasteiger partial charge in [-0.2, -0.15) is 0 Å². The summed E-state index contributed by atoms with van der Waals surface area (Å²) in [6, 6.07) is 0.441. The van der Waals surface area contributed by atoms with Crippen LogP contribution in [0.1, 0.15) is 30.5 Å². The van der Waals surface area contributed by atoms with Crippen LogP contribution in [0.25, 0.3) is 0 Å². The molecule has 0 spiro atoms. The molecule has 5 atom stereocenters. The van der Waals surface area contributed by atoms with Crippen molar-refractivity contribution in [3.63, 3.8) is 0 Å². The first-order chi connectivity index (χ1) is 21.7. The molecule has 12 N–H and O–H groups in total. The van der Waals surface area contributed by atoms with E-state index in [4.69, 9.17) is 16.6 Å². The summed E-state index contributed by atoms with van der Waals surface area (Å²) in [5, 5.41) is 36.2. The SMILES string of the molecule is NC(=O)C[C@H](NC(=O)[C@H](Cc1cnc[nH]1)NC(=O)[C@H](CC(=O)O)NC(=O)[C@@H](N)Cc1ccccc1)C(=O)N[C@@H](CC(=O)O)C(=O)O. The molecule has 248 valence electrons. The minimum atomic E-state index is -1.92. The first-order valence-electron chi connectivity index (χ1n) is 13.6. The summed E-state index contributed by atoms with van der Waals surface area (Å²) >= 11 is 0. The van der Waals surface area contributed by atoms with Crippen molar-refractivity contribution in [2.45, 2.75) is 62.3 Å². The Kier molecular flexibility index (Phi) is 13.8. The smallest absolute Gasteiger partial charge is 0.326 e. The van der Waals surface area contributed by atoms with Crippen LogP contribution in [0.2, 0.25) is 0 Å². The van der Waals surface area contributed by atoms with Gasteiger partial charge in [0.15, 0.2) is 0 Å². The lowest BCUT2D eigenvalue weighted by atomic mass is 10.0. The van der Waals surface area contributed by atoms with Crippen LogP contribution in [0.4, 0.5) is 0 Å². The van der Waals surface area contributed by atoms with Gasteiger partial charge in [0.2, 0.25) is 29.5 Å². The molecular formula is C27H34N8O11. The van der Waals surface area contributed by atoms with E-state index in [1.807, 2.05) is 5.32 Å². The van der Waals surface area contributed by atoms with Crippen molar-refractivity contribution in [1.29, 1.82) is 0 Å². The number of carbonyl (C=O) groups is 8. The third-order valence-electron chi connectivity index (χ3n) is 6.29. The van der Waals surface area contributed by atoms with E-state index in [2.05, 4.69) is 25.9 Å². The molecule has 0 aliphatic carbocycles. The molecule has 1 heterocycles. The van der Waals surface area contributed by atoms with Gasteiger partial charge in [0, 0.05) is 18.3 Å². The van der Waals surface area contributed by atoms with E-state index in [1.54, 1.807) is 30.3 Å². The minimum absolute atomic E-state index is 0.0669. The topological polar surface area (TPSA) is 326 Å². The van der Waals surface area contributed by atoms with Crippen LogP contribution in [0.15, 0.2) is 42.9 Å². The van der Waals surface area contributed by atoms with E-state index < -0.39 is 96.9 Å². The lowest BCUT2D eigenvalue weighted by molar-refractivity contribution is -0.147. The number of nitrogens with one attached hydrogen (secondary N) is 5. The van der Waals surface area contributed by atoms with Crippen molar-refractivity contribution < 1.29 is 53.7 Å². The zero-order chi connectivity index (χ0) is 34.4. The van der Waals surface area contributed by atoms with E-state index in [0.717, 1.165) is 0 Å². The molecule has 0 bridgehead atoms.